The Bertz CT molecular complexity index is 1110. The highest BCUT2D eigenvalue weighted by Gasteiger charge is 2.25. The monoisotopic (exact) mass is 642 g/mol. The van der Waals surface area contributed by atoms with Crippen molar-refractivity contribution < 1.29 is 9.90 Å². The summed E-state index contributed by atoms with van der Waals surface area (Å²) in [6.07, 6.45) is 5.84. The number of carbonyl (C=O) groups excluding carboxylic acids is 1. The fourth-order valence-electron chi connectivity index (χ4n) is 3.56. The first-order chi connectivity index (χ1) is 14.5. The number of fused-ring (bicyclic) bond motifs is 1. The second kappa shape index (κ2) is 9.78. The van der Waals surface area contributed by atoms with Crippen molar-refractivity contribution in [1.29, 1.82) is 0 Å². The van der Waals surface area contributed by atoms with Gasteiger partial charge in [0.15, 0.2) is 0 Å². The van der Waals surface area contributed by atoms with Gasteiger partial charge >= 0.3 is 0 Å². The lowest BCUT2D eigenvalue weighted by molar-refractivity contribution is 0.0951. The molecule has 0 aliphatic heterocycles. The van der Waals surface area contributed by atoms with Crippen molar-refractivity contribution in [2.45, 2.75) is 32.2 Å². The lowest BCUT2D eigenvalue weighted by Crippen LogP contribution is -2.24. The van der Waals surface area contributed by atoms with Crippen molar-refractivity contribution >= 4 is 73.6 Å². The van der Waals surface area contributed by atoms with Crippen molar-refractivity contribution in [3.8, 4) is 5.75 Å². The zero-order chi connectivity index (χ0) is 21.1. The highest BCUT2D eigenvalue weighted by Crippen LogP contribution is 2.40. The molecule has 3 aromatic rings. The third-order valence-electron chi connectivity index (χ3n) is 5.05. The van der Waals surface area contributed by atoms with Crippen LogP contribution in [-0.4, -0.2) is 17.2 Å². The van der Waals surface area contributed by atoms with Gasteiger partial charge in [-0.1, -0.05) is 30.3 Å². The summed E-state index contributed by atoms with van der Waals surface area (Å²) in [5.74, 6) is 0.142. The van der Waals surface area contributed by atoms with Gasteiger partial charge in [0.25, 0.3) is 5.91 Å². The summed E-state index contributed by atoms with van der Waals surface area (Å²) in [5, 5.41) is 14.2. The molecule has 1 amide bonds. The molecule has 0 saturated carbocycles. The SMILES string of the molecule is O=C(NCc1ccccc1)c1c(/N=C\c2cc(I)cc(I)c2O)sc2c1CCCC2. The van der Waals surface area contributed by atoms with E-state index in [2.05, 4.69) is 55.5 Å². The molecule has 4 rings (SSSR count). The lowest BCUT2D eigenvalue weighted by atomic mass is 9.95. The van der Waals surface area contributed by atoms with Gasteiger partial charge < -0.3 is 10.4 Å². The average molecular weight is 642 g/mol. The molecule has 0 fully saturated rings. The predicted molar refractivity (Wildman–Crippen MR) is 139 cm³/mol. The zero-order valence-electron chi connectivity index (χ0n) is 16.1. The Morgan fingerprint density at radius 1 is 1.17 bits per heavy atom. The maximum absolute atomic E-state index is 13.1. The largest absolute Gasteiger partial charge is 0.506 e. The van der Waals surface area contributed by atoms with Crippen LogP contribution in [0.4, 0.5) is 5.00 Å². The summed E-state index contributed by atoms with van der Waals surface area (Å²) in [4.78, 5) is 19.1. The summed E-state index contributed by atoms with van der Waals surface area (Å²) < 4.78 is 1.81. The number of aromatic hydroxyl groups is 1. The minimum Gasteiger partial charge on any atom is -0.506 e. The van der Waals surface area contributed by atoms with Crippen LogP contribution in [0.25, 0.3) is 0 Å². The van der Waals surface area contributed by atoms with E-state index >= 15 is 0 Å². The first-order valence-corrected chi connectivity index (χ1v) is 12.7. The molecular weight excluding hydrogens is 622 g/mol. The molecule has 7 heteroatoms. The molecule has 1 aromatic heterocycles. The van der Waals surface area contributed by atoms with Crippen molar-refractivity contribution in [3.05, 3.63) is 76.7 Å². The molecule has 1 heterocycles. The van der Waals surface area contributed by atoms with Crippen LogP contribution in [0.5, 0.6) is 5.75 Å². The number of phenolic OH excluding ortho intramolecular Hbond substituents is 1. The highest BCUT2D eigenvalue weighted by molar-refractivity contribution is 14.1. The van der Waals surface area contributed by atoms with Gasteiger partial charge in [-0.2, -0.15) is 0 Å². The number of carbonyl (C=O) groups is 1. The summed E-state index contributed by atoms with van der Waals surface area (Å²) in [5.41, 5.74) is 3.57. The Labute approximate surface area is 207 Å². The Balaban J connectivity index is 1.65. The molecule has 0 radical (unpaired) electrons. The summed E-state index contributed by atoms with van der Waals surface area (Å²) in [6, 6.07) is 13.7. The van der Waals surface area contributed by atoms with Gasteiger partial charge in [0.1, 0.15) is 10.8 Å². The lowest BCUT2D eigenvalue weighted by Gasteiger charge is -2.12. The first kappa shape index (κ1) is 21.8. The molecule has 2 N–H and O–H groups in total. The number of phenols is 1. The minimum atomic E-state index is -0.0770. The number of halogens is 2. The summed E-state index contributed by atoms with van der Waals surface area (Å²) in [7, 11) is 0. The van der Waals surface area contributed by atoms with Crippen molar-refractivity contribution in [2.24, 2.45) is 4.99 Å². The van der Waals surface area contributed by atoms with E-state index in [9.17, 15) is 9.90 Å². The first-order valence-electron chi connectivity index (χ1n) is 9.71. The Morgan fingerprint density at radius 2 is 1.93 bits per heavy atom. The van der Waals surface area contributed by atoms with Crippen LogP contribution in [0.1, 0.15) is 44.8 Å². The molecular formula is C23H20I2N2O2S. The number of nitrogens with zero attached hydrogens (tertiary/aromatic N) is 1. The van der Waals surface area contributed by atoms with Crippen LogP contribution in [-0.2, 0) is 19.4 Å². The normalized spacial score (nSPS) is 13.4. The van der Waals surface area contributed by atoms with Crippen LogP contribution in [0.15, 0.2) is 47.5 Å². The number of hydrogen-bond acceptors (Lipinski definition) is 4. The second-order valence-electron chi connectivity index (χ2n) is 7.14. The maximum atomic E-state index is 13.1. The summed E-state index contributed by atoms with van der Waals surface area (Å²) >= 11 is 5.94. The number of aryl methyl sites for hydroxylation is 1. The number of nitrogens with one attached hydrogen (secondary N) is 1. The molecule has 30 heavy (non-hydrogen) atoms. The van der Waals surface area contributed by atoms with Gasteiger partial charge in [-0.25, -0.2) is 4.99 Å². The van der Waals surface area contributed by atoms with E-state index in [0.29, 0.717) is 17.7 Å². The van der Waals surface area contributed by atoms with Gasteiger partial charge in [-0.3, -0.25) is 4.79 Å². The van der Waals surface area contributed by atoms with E-state index in [-0.39, 0.29) is 11.7 Å². The van der Waals surface area contributed by atoms with Gasteiger partial charge in [0, 0.05) is 26.8 Å². The Kier molecular flexibility index (Phi) is 7.09. The molecule has 0 saturated heterocycles. The topological polar surface area (TPSA) is 61.7 Å². The molecule has 0 unspecified atom stereocenters. The Morgan fingerprint density at radius 3 is 2.73 bits per heavy atom. The molecule has 0 spiro atoms. The maximum Gasteiger partial charge on any atom is 0.254 e. The van der Waals surface area contributed by atoms with E-state index in [4.69, 9.17) is 0 Å². The van der Waals surface area contributed by atoms with Crippen LogP contribution < -0.4 is 5.32 Å². The average Bonchev–Trinajstić information content (AvgIpc) is 3.12. The molecule has 154 valence electrons. The van der Waals surface area contributed by atoms with Crippen molar-refractivity contribution in [1.82, 2.24) is 5.32 Å². The highest BCUT2D eigenvalue weighted by atomic mass is 127. The van der Waals surface area contributed by atoms with Gasteiger partial charge in [0.2, 0.25) is 0 Å². The number of benzene rings is 2. The predicted octanol–water partition coefficient (Wildman–Crippen LogP) is 6.22. The second-order valence-corrected chi connectivity index (χ2v) is 10.6. The van der Waals surface area contributed by atoms with Crippen molar-refractivity contribution in [2.75, 3.05) is 0 Å². The minimum absolute atomic E-state index is 0.0770. The fraction of sp³-hybridized carbons (Fsp3) is 0.217. The number of hydrogen-bond donors (Lipinski definition) is 2. The van der Waals surface area contributed by atoms with Crippen LogP contribution in [0.2, 0.25) is 0 Å². The molecule has 0 atom stereocenters. The number of amides is 1. The molecule has 0 bridgehead atoms. The molecule has 1 aliphatic carbocycles. The van der Waals surface area contributed by atoms with Crippen LogP contribution >= 0.6 is 56.5 Å². The molecule has 2 aromatic carbocycles. The summed E-state index contributed by atoms with van der Waals surface area (Å²) in [6.45, 7) is 0.489. The number of thiophene rings is 1. The molecule has 1 aliphatic rings. The third kappa shape index (κ3) is 4.88. The smallest absolute Gasteiger partial charge is 0.254 e. The van der Waals surface area contributed by atoms with Gasteiger partial charge in [0.05, 0.1) is 9.13 Å². The number of rotatable bonds is 5. The van der Waals surface area contributed by atoms with Gasteiger partial charge in [-0.15, -0.1) is 11.3 Å². The quantitative estimate of drug-likeness (QED) is 0.257. The Hall–Kier alpha value is -1.46. The van der Waals surface area contributed by atoms with E-state index in [0.717, 1.165) is 49.0 Å². The molecule has 4 nitrogen and oxygen atoms in total. The van der Waals surface area contributed by atoms with Gasteiger partial charge in [-0.05, 0) is 94.1 Å². The van der Waals surface area contributed by atoms with E-state index in [1.807, 2.05) is 42.5 Å². The fourth-order valence-corrected chi connectivity index (χ4v) is 6.68. The standard InChI is InChI=1S/C23H20I2N2O2S/c24-16-10-15(21(28)18(25)11-16)13-27-23-20(17-8-4-5-9-19(17)30-23)22(29)26-12-14-6-2-1-3-7-14/h1-3,6-7,10-11,13,28H,4-5,8-9,12H2,(H,26,29)/b27-13-. The number of aliphatic imine (C=N–C) groups is 1. The third-order valence-corrected chi connectivity index (χ3v) is 7.70. The van der Waals surface area contributed by atoms with Crippen molar-refractivity contribution in [3.63, 3.8) is 0 Å². The van der Waals surface area contributed by atoms with E-state index in [1.54, 1.807) is 17.6 Å². The van der Waals surface area contributed by atoms with Crippen LogP contribution in [0, 0.1) is 7.14 Å². The van der Waals surface area contributed by atoms with E-state index < -0.39 is 0 Å². The zero-order valence-corrected chi connectivity index (χ0v) is 21.3. The van der Waals surface area contributed by atoms with Crippen LogP contribution in [0.3, 0.4) is 0 Å². The van der Waals surface area contributed by atoms with E-state index in [1.165, 1.54) is 4.88 Å².